The van der Waals surface area contributed by atoms with Gasteiger partial charge in [-0.1, -0.05) is 12.2 Å². The fraction of sp³-hybridized carbons (Fsp3) is 0.273. The van der Waals surface area contributed by atoms with Crippen LogP contribution >= 0.6 is 11.6 Å². The van der Waals surface area contributed by atoms with Gasteiger partial charge in [-0.2, -0.15) is 9.78 Å². The van der Waals surface area contributed by atoms with Crippen LogP contribution in [0.4, 0.5) is 0 Å². The zero-order valence-corrected chi connectivity index (χ0v) is 10.1. The predicted octanol–water partition coefficient (Wildman–Crippen LogP) is 0.648. The van der Waals surface area contributed by atoms with E-state index in [1.54, 1.807) is 6.08 Å². The van der Waals surface area contributed by atoms with Crippen LogP contribution in [0.2, 0.25) is 0 Å². The molecule has 1 aliphatic rings. The van der Waals surface area contributed by atoms with Crippen LogP contribution < -0.4 is 11.2 Å². The summed E-state index contributed by atoms with van der Waals surface area (Å²) in [4.78, 5) is 35.6. The number of hydrogen-bond acceptors (Lipinski definition) is 4. The summed E-state index contributed by atoms with van der Waals surface area (Å²) in [6, 6.07) is 0. The number of carbonyl (C=O) groups excluding carboxylic acids is 1. The Balaban J connectivity index is 2.45. The van der Waals surface area contributed by atoms with E-state index in [0.717, 1.165) is 23.7 Å². The third-order valence-corrected chi connectivity index (χ3v) is 2.63. The smallest absolute Gasteiger partial charge is 0.281 e. The summed E-state index contributed by atoms with van der Waals surface area (Å²) in [7, 11) is 0. The first-order valence-corrected chi connectivity index (χ1v) is 5.72. The zero-order valence-electron chi connectivity index (χ0n) is 9.35. The maximum atomic E-state index is 11.6. The highest BCUT2D eigenvalue weighted by molar-refractivity contribution is 6.63. The van der Waals surface area contributed by atoms with Gasteiger partial charge in [0.05, 0.1) is 5.70 Å². The van der Waals surface area contributed by atoms with Gasteiger partial charge in [-0.3, -0.25) is 14.6 Å². The maximum absolute atomic E-state index is 11.6. The molecular formula is C11H10ClN3O3. The number of nitrogens with zero attached hydrogens (tertiary/aromatic N) is 2. The van der Waals surface area contributed by atoms with Crippen LogP contribution in [0.25, 0.3) is 5.70 Å². The van der Waals surface area contributed by atoms with Crippen LogP contribution in [-0.4, -0.2) is 20.0 Å². The van der Waals surface area contributed by atoms with Crippen molar-refractivity contribution < 1.29 is 4.79 Å². The number of hydrogen-bond donors (Lipinski definition) is 1. The molecule has 6 nitrogen and oxygen atoms in total. The molecule has 0 saturated carbocycles. The van der Waals surface area contributed by atoms with Gasteiger partial charge in [0.2, 0.25) is 5.24 Å². The summed E-state index contributed by atoms with van der Waals surface area (Å²) in [5.74, 6) is 0. The van der Waals surface area contributed by atoms with Crippen molar-refractivity contribution in [3.63, 3.8) is 0 Å². The molecule has 2 rings (SSSR count). The molecule has 0 bridgehead atoms. The third-order valence-electron chi connectivity index (χ3n) is 2.49. The van der Waals surface area contributed by atoms with Crippen LogP contribution in [0.1, 0.15) is 19.3 Å². The fourth-order valence-electron chi connectivity index (χ4n) is 1.77. The highest BCUT2D eigenvalue weighted by Gasteiger charge is 2.15. The molecule has 1 N–H and O–H groups in total. The summed E-state index contributed by atoms with van der Waals surface area (Å²) in [6.45, 7) is 0. The monoisotopic (exact) mass is 267 g/mol. The van der Waals surface area contributed by atoms with E-state index >= 15 is 0 Å². The van der Waals surface area contributed by atoms with Gasteiger partial charge in [-0.25, -0.2) is 4.79 Å². The highest BCUT2D eigenvalue weighted by atomic mass is 35.5. The van der Waals surface area contributed by atoms with E-state index in [-0.39, 0.29) is 6.42 Å². The molecule has 0 fully saturated rings. The molecule has 0 unspecified atom stereocenters. The summed E-state index contributed by atoms with van der Waals surface area (Å²) in [5, 5.41) is 3.25. The average Bonchev–Trinajstić information content (AvgIpc) is 2.30. The molecule has 0 amide bonds. The predicted molar refractivity (Wildman–Crippen MR) is 66.2 cm³/mol. The molecule has 7 heteroatoms. The maximum Gasteiger partial charge on any atom is 0.349 e. The van der Waals surface area contributed by atoms with Crippen molar-refractivity contribution in [3.05, 3.63) is 44.8 Å². The number of nitrogens with one attached hydrogen (secondary N) is 1. The van der Waals surface area contributed by atoms with E-state index in [1.165, 1.54) is 0 Å². The molecule has 94 valence electrons. The summed E-state index contributed by atoms with van der Waals surface area (Å²) >= 11 is 5.36. The van der Waals surface area contributed by atoms with Crippen LogP contribution in [-0.2, 0) is 4.79 Å². The van der Waals surface area contributed by atoms with Gasteiger partial charge in [0.25, 0.3) is 5.56 Å². The average molecular weight is 268 g/mol. The molecule has 0 saturated heterocycles. The first-order chi connectivity index (χ1) is 8.58. The first-order valence-electron chi connectivity index (χ1n) is 5.35. The third kappa shape index (κ3) is 2.65. The molecule has 0 aromatic carbocycles. The second-order valence-electron chi connectivity index (χ2n) is 3.78. The number of H-pyrrole nitrogens is 1. The second kappa shape index (κ2) is 5.14. The largest absolute Gasteiger partial charge is 0.349 e. The first kappa shape index (κ1) is 12.5. The Morgan fingerprint density at radius 3 is 2.78 bits per heavy atom. The van der Waals surface area contributed by atoms with Crippen LogP contribution in [0.5, 0.6) is 0 Å². The number of allylic oxidation sites excluding steroid dienone is 4. The summed E-state index contributed by atoms with van der Waals surface area (Å²) in [5.41, 5.74) is -0.0606. The molecule has 0 atom stereocenters. The lowest BCUT2D eigenvalue weighted by atomic mass is 10.0. The minimum absolute atomic E-state index is 0.0284. The topological polar surface area (TPSA) is 84.8 Å². The number of carbonyl (C=O) groups is 1. The van der Waals surface area contributed by atoms with E-state index in [2.05, 4.69) is 10.1 Å². The van der Waals surface area contributed by atoms with Crippen LogP contribution in [0.15, 0.2) is 33.5 Å². The lowest BCUT2D eigenvalue weighted by molar-refractivity contribution is -0.111. The van der Waals surface area contributed by atoms with Crippen LogP contribution in [0.3, 0.4) is 0 Å². The fourth-order valence-corrected chi connectivity index (χ4v) is 1.92. The molecule has 1 aliphatic carbocycles. The Bertz CT molecular complexity index is 654. The standard InChI is InChI=1S/C11H10ClN3O3/c12-9(16)5-7-3-1-2-4-8(7)15-11(18)14-10(17)6-13-15/h3-4,6H,1-2,5H2,(H,14,17,18). The lowest BCUT2D eigenvalue weighted by Crippen LogP contribution is -2.31. The molecule has 0 aliphatic heterocycles. The number of rotatable bonds is 3. The molecule has 1 aromatic rings. The Morgan fingerprint density at radius 2 is 2.11 bits per heavy atom. The Labute approximate surface area is 107 Å². The SMILES string of the molecule is O=C(Cl)CC1=CCCC=C1n1ncc(=O)[nH]c1=O. The quantitative estimate of drug-likeness (QED) is 0.815. The van der Waals surface area contributed by atoms with Gasteiger partial charge >= 0.3 is 5.69 Å². The van der Waals surface area contributed by atoms with E-state index in [4.69, 9.17) is 11.6 Å². The van der Waals surface area contributed by atoms with Gasteiger partial charge < -0.3 is 0 Å². The van der Waals surface area contributed by atoms with Crippen molar-refractivity contribution >= 4 is 22.5 Å². The van der Waals surface area contributed by atoms with Crippen molar-refractivity contribution in [3.8, 4) is 0 Å². The Morgan fingerprint density at radius 1 is 1.39 bits per heavy atom. The molecule has 1 aromatic heterocycles. The molecule has 1 heterocycles. The van der Waals surface area contributed by atoms with E-state index in [9.17, 15) is 14.4 Å². The van der Waals surface area contributed by atoms with Gasteiger partial charge in [0, 0.05) is 6.42 Å². The summed E-state index contributed by atoms with van der Waals surface area (Å²) in [6.07, 6.45) is 6.19. The number of aromatic amines is 1. The normalized spacial score (nSPS) is 14.9. The van der Waals surface area contributed by atoms with Gasteiger partial charge in [0.15, 0.2) is 0 Å². The van der Waals surface area contributed by atoms with E-state index < -0.39 is 16.5 Å². The lowest BCUT2D eigenvalue weighted by Gasteiger charge is -2.15. The van der Waals surface area contributed by atoms with E-state index in [1.807, 2.05) is 6.08 Å². The van der Waals surface area contributed by atoms with Gasteiger partial charge in [0.1, 0.15) is 6.20 Å². The Hall–Kier alpha value is -1.95. The minimum atomic E-state index is -0.636. The molecule has 0 spiro atoms. The zero-order chi connectivity index (χ0) is 13.1. The second-order valence-corrected chi connectivity index (χ2v) is 4.20. The van der Waals surface area contributed by atoms with Crippen LogP contribution in [0, 0.1) is 0 Å². The van der Waals surface area contributed by atoms with Crippen molar-refractivity contribution in [1.29, 1.82) is 0 Å². The highest BCUT2D eigenvalue weighted by Crippen LogP contribution is 2.24. The Kier molecular flexibility index (Phi) is 3.57. The van der Waals surface area contributed by atoms with Gasteiger partial charge in [-0.05, 0) is 30.0 Å². The molecular weight excluding hydrogens is 258 g/mol. The number of halogens is 1. The molecule has 18 heavy (non-hydrogen) atoms. The van der Waals surface area contributed by atoms with Crippen molar-refractivity contribution in [2.75, 3.05) is 0 Å². The minimum Gasteiger partial charge on any atom is -0.281 e. The van der Waals surface area contributed by atoms with Crippen molar-refractivity contribution in [2.24, 2.45) is 0 Å². The van der Waals surface area contributed by atoms with Crippen molar-refractivity contribution in [2.45, 2.75) is 19.3 Å². The number of aromatic nitrogens is 3. The molecule has 0 radical (unpaired) electrons. The van der Waals surface area contributed by atoms with Gasteiger partial charge in [-0.15, -0.1) is 0 Å². The van der Waals surface area contributed by atoms with E-state index in [0.29, 0.717) is 11.3 Å². The van der Waals surface area contributed by atoms with Crippen molar-refractivity contribution in [1.82, 2.24) is 14.8 Å². The summed E-state index contributed by atoms with van der Waals surface area (Å²) < 4.78 is 1.06.